The van der Waals surface area contributed by atoms with Gasteiger partial charge in [-0.25, -0.2) is 0 Å². The van der Waals surface area contributed by atoms with E-state index in [1.807, 2.05) is 82.3 Å². The van der Waals surface area contributed by atoms with Gasteiger partial charge in [-0.2, -0.15) is 0 Å². The third-order valence-corrected chi connectivity index (χ3v) is 4.93. The van der Waals surface area contributed by atoms with Crippen LogP contribution in [0.2, 0.25) is 0 Å². The van der Waals surface area contributed by atoms with Gasteiger partial charge in [-0.1, -0.05) is 61.9 Å². The highest BCUT2D eigenvalue weighted by molar-refractivity contribution is 5.88. The molecule has 156 valence electrons. The summed E-state index contributed by atoms with van der Waals surface area (Å²) in [6.45, 7) is 8.19. The van der Waals surface area contributed by atoms with Crippen molar-refractivity contribution in [2.24, 2.45) is 0 Å². The van der Waals surface area contributed by atoms with Crippen LogP contribution < -0.4 is 10.1 Å². The molecule has 0 heterocycles. The fourth-order valence-electron chi connectivity index (χ4n) is 3.11. The zero-order chi connectivity index (χ0) is 21.2. The van der Waals surface area contributed by atoms with Crippen LogP contribution in [0.3, 0.4) is 0 Å². The van der Waals surface area contributed by atoms with Gasteiger partial charge in [0.15, 0.2) is 6.61 Å². The first-order chi connectivity index (χ1) is 13.9. The van der Waals surface area contributed by atoms with Gasteiger partial charge in [0, 0.05) is 12.6 Å². The lowest BCUT2D eigenvalue weighted by molar-refractivity contribution is -0.143. The molecule has 0 spiro atoms. The zero-order valence-electron chi connectivity index (χ0n) is 17.9. The second-order valence-electron chi connectivity index (χ2n) is 7.35. The van der Waals surface area contributed by atoms with E-state index in [-0.39, 0.29) is 24.5 Å². The van der Waals surface area contributed by atoms with E-state index in [2.05, 4.69) is 5.32 Å². The zero-order valence-corrected chi connectivity index (χ0v) is 17.9. The van der Waals surface area contributed by atoms with E-state index in [9.17, 15) is 9.59 Å². The Morgan fingerprint density at radius 3 is 2.38 bits per heavy atom. The fourth-order valence-corrected chi connectivity index (χ4v) is 3.11. The van der Waals surface area contributed by atoms with Crippen molar-refractivity contribution in [1.29, 1.82) is 0 Å². The largest absolute Gasteiger partial charge is 0.484 e. The molecule has 5 heteroatoms. The normalized spacial score (nSPS) is 12.7. The Labute approximate surface area is 174 Å². The second kappa shape index (κ2) is 11.2. The molecule has 2 unspecified atom stereocenters. The van der Waals surface area contributed by atoms with E-state index in [0.29, 0.717) is 18.7 Å². The molecular formula is C24H32N2O3. The summed E-state index contributed by atoms with van der Waals surface area (Å²) in [5.74, 6) is 0.303. The maximum atomic E-state index is 13.1. The molecule has 0 aliphatic carbocycles. The van der Waals surface area contributed by atoms with Crippen molar-refractivity contribution in [3.05, 3.63) is 65.7 Å². The predicted molar refractivity (Wildman–Crippen MR) is 116 cm³/mol. The molecule has 0 saturated heterocycles. The van der Waals surface area contributed by atoms with Crippen molar-refractivity contribution in [2.75, 3.05) is 6.61 Å². The van der Waals surface area contributed by atoms with Gasteiger partial charge in [-0.15, -0.1) is 0 Å². The minimum Gasteiger partial charge on any atom is -0.484 e. The first-order valence-electron chi connectivity index (χ1n) is 10.3. The molecule has 2 atom stereocenters. The molecule has 0 bridgehead atoms. The number of hydrogen-bond acceptors (Lipinski definition) is 3. The summed E-state index contributed by atoms with van der Waals surface area (Å²) >= 11 is 0. The minimum absolute atomic E-state index is 0.0630. The van der Waals surface area contributed by atoms with E-state index in [0.717, 1.165) is 17.5 Å². The average molecular weight is 397 g/mol. The number of carbonyl (C=O) groups excluding carboxylic acids is 2. The number of carbonyl (C=O) groups is 2. The molecular weight excluding hydrogens is 364 g/mol. The smallest absolute Gasteiger partial charge is 0.261 e. The van der Waals surface area contributed by atoms with Crippen molar-refractivity contribution in [2.45, 2.75) is 59.2 Å². The molecule has 1 N–H and O–H groups in total. The van der Waals surface area contributed by atoms with Gasteiger partial charge in [0.25, 0.3) is 5.91 Å². The first kappa shape index (κ1) is 22.5. The van der Waals surface area contributed by atoms with Crippen LogP contribution in [0.15, 0.2) is 54.6 Å². The Hall–Kier alpha value is -2.82. The van der Waals surface area contributed by atoms with E-state index in [1.54, 1.807) is 4.90 Å². The number of benzene rings is 2. The van der Waals surface area contributed by atoms with Gasteiger partial charge in [-0.05, 0) is 44.4 Å². The van der Waals surface area contributed by atoms with Gasteiger partial charge < -0.3 is 15.0 Å². The molecule has 0 radical (unpaired) electrons. The monoisotopic (exact) mass is 396 g/mol. The topological polar surface area (TPSA) is 58.6 Å². The fraction of sp³-hybridized carbons (Fsp3) is 0.417. The van der Waals surface area contributed by atoms with E-state index < -0.39 is 6.04 Å². The van der Waals surface area contributed by atoms with Crippen LogP contribution in [0.1, 0.15) is 44.7 Å². The van der Waals surface area contributed by atoms with Crippen LogP contribution in [0.4, 0.5) is 0 Å². The number of nitrogens with zero attached hydrogens (tertiary/aromatic N) is 1. The number of aryl methyl sites for hydroxylation is 1. The molecule has 2 rings (SSSR count). The van der Waals surface area contributed by atoms with E-state index in [1.165, 1.54) is 0 Å². The van der Waals surface area contributed by atoms with Crippen molar-refractivity contribution in [1.82, 2.24) is 10.2 Å². The van der Waals surface area contributed by atoms with E-state index >= 15 is 0 Å². The number of nitrogens with one attached hydrogen (secondary N) is 1. The summed E-state index contributed by atoms with van der Waals surface area (Å²) < 4.78 is 5.66. The summed E-state index contributed by atoms with van der Waals surface area (Å²) in [5.41, 5.74) is 2.11. The molecule has 0 aliphatic heterocycles. The molecule has 2 aromatic rings. The highest BCUT2D eigenvalue weighted by Gasteiger charge is 2.29. The molecule has 0 aromatic heterocycles. The second-order valence-corrected chi connectivity index (χ2v) is 7.35. The van der Waals surface area contributed by atoms with Crippen LogP contribution >= 0.6 is 0 Å². The Bertz CT molecular complexity index is 792. The van der Waals surface area contributed by atoms with Crippen molar-refractivity contribution in [3.63, 3.8) is 0 Å². The molecule has 0 aliphatic rings. The third kappa shape index (κ3) is 6.93. The highest BCUT2D eigenvalue weighted by atomic mass is 16.5. The highest BCUT2D eigenvalue weighted by Crippen LogP contribution is 2.15. The van der Waals surface area contributed by atoms with Crippen molar-refractivity contribution >= 4 is 11.8 Å². The maximum Gasteiger partial charge on any atom is 0.261 e. The van der Waals surface area contributed by atoms with Crippen molar-refractivity contribution in [3.8, 4) is 5.75 Å². The summed E-state index contributed by atoms with van der Waals surface area (Å²) in [6.07, 6.45) is 1.37. The van der Waals surface area contributed by atoms with Gasteiger partial charge >= 0.3 is 0 Å². The standard InChI is InChI=1S/C24H32N2O3/c1-5-19(4)25-24(28)22(6-2)26(16-20-12-10-11-18(3)15-20)23(27)17-29-21-13-8-7-9-14-21/h7-15,19,22H,5-6,16-17H2,1-4H3,(H,25,28). The SMILES string of the molecule is CCC(C)NC(=O)C(CC)N(Cc1cccc(C)c1)C(=O)COc1ccccc1. The number of hydrogen-bond donors (Lipinski definition) is 1. The van der Waals surface area contributed by atoms with Crippen LogP contribution in [0.25, 0.3) is 0 Å². The number of rotatable bonds is 10. The van der Waals surface area contributed by atoms with Crippen LogP contribution in [0.5, 0.6) is 5.75 Å². The summed E-state index contributed by atoms with van der Waals surface area (Å²) in [4.78, 5) is 27.6. The number of ether oxygens (including phenoxy) is 1. The summed E-state index contributed by atoms with van der Waals surface area (Å²) in [7, 11) is 0. The van der Waals surface area contributed by atoms with Gasteiger partial charge in [0.2, 0.25) is 5.91 Å². The Balaban J connectivity index is 2.20. The Kier molecular flexibility index (Phi) is 8.71. The van der Waals surface area contributed by atoms with Crippen molar-refractivity contribution < 1.29 is 14.3 Å². The van der Waals surface area contributed by atoms with Crippen LogP contribution in [-0.4, -0.2) is 35.4 Å². The quantitative estimate of drug-likeness (QED) is 0.658. The van der Waals surface area contributed by atoms with E-state index in [4.69, 9.17) is 4.74 Å². The van der Waals surface area contributed by atoms with Gasteiger partial charge in [0.1, 0.15) is 11.8 Å². The molecule has 0 fully saturated rings. The molecule has 5 nitrogen and oxygen atoms in total. The lowest BCUT2D eigenvalue weighted by Crippen LogP contribution is -2.51. The Morgan fingerprint density at radius 2 is 1.76 bits per heavy atom. The minimum atomic E-state index is -0.545. The number of amides is 2. The summed E-state index contributed by atoms with van der Waals surface area (Å²) in [6, 6.07) is 16.8. The molecule has 0 saturated carbocycles. The lowest BCUT2D eigenvalue weighted by atomic mass is 10.1. The first-order valence-corrected chi connectivity index (χ1v) is 10.3. The third-order valence-electron chi connectivity index (χ3n) is 4.93. The van der Waals surface area contributed by atoms with Gasteiger partial charge in [0.05, 0.1) is 0 Å². The predicted octanol–water partition coefficient (Wildman–Crippen LogP) is 4.10. The average Bonchev–Trinajstić information content (AvgIpc) is 2.72. The Morgan fingerprint density at radius 1 is 1.03 bits per heavy atom. The number of para-hydroxylation sites is 1. The maximum absolute atomic E-state index is 13.1. The molecule has 2 amide bonds. The summed E-state index contributed by atoms with van der Waals surface area (Å²) in [5, 5.41) is 3.01. The lowest BCUT2D eigenvalue weighted by Gasteiger charge is -2.31. The van der Waals surface area contributed by atoms with Gasteiger partial charge in [-0.3, -0.25) is 9.59 Å². The molecule has 29 heavy (non-hydrogen) atoms. The van der Waals surface area contributed by atoms with Crippen LogP contribution in [0, 0.1) is 6.92 Å². The van der Waals surface area contributed by atoms with Crippen LogP contribution in [-0.2, 0) is 16.1 Å². The molecule has 2 aromatic carbocycles.